The van der Waals surface area contributed by atoms with Gasteiger partial charge in [0.05, 0.1) is 26.2 Å². The molecule has 0 bridgehead atoms. The first-order chi connectivity index (χ1) is 10.0. The van der Waals surface area contributed by atoms with Crippen LogP contribution in [0.1, 0.15) is 26.2 Å². The average molecular weight is 296 g/mol. The number of carbonyl (C=O) groups is 1. The molecule has 0 radical (unpaired) electrons. The molecular weight excluding hydrogens is 276 g/mol. The van der Waals surface area contributed by atoms with E-state index in [4.69, 9.17) is 14.2 Å². The van der Waals surface area contributed by atoms with Gasteiger partial charge in [-0.05, 0) is 25.2 Å². The summed E-state index contributed by atoms with van der Waals surface area (Å²) in [4.78, 5) is 19.6. The molecule has 1 heterocycles. The fourth-order valence-corrected chi connectivity index (χ4v) is 2.68. The molecule has 1 aliphatic rings. The molecule has 3 atom stereocenters. The van der Waals surface area contributed by atoms with Gasteiger partial charge in [-0.2, -0.15) is 9.97 Å². The zero-order valence-electron chi connectivity index (χ0n) is 12.4. The average Bonchev–Trinajstić information content (AvgIpc) is 2.46. The summed E-state index contributed by atoms with van der Waals surface area (Å²) in [5.41, 5.74) is 0. The Bertz CT molecular complexity index is 486. The van der Waals surface area contributed by atoms with E-state index >= 15 is 0 Å². The van der Waals surface area contributed by atoms with Crippen molar-refractivity contribution in [3.05, 3.63) is 6.07 Å². The monoisotopic (exact) mass is 296 g/mol. The van der Waals surface area contributed by atoms with Crippen LogP contribution in [0.15, 0.2) is 6.07 Å². The van der Waals surface area contributed by atoms with E-state index in [9.17, 15) is 9.90 Å². The Labute approximate surface area is 123 Å². The first-order valence-corrected chi connectivity index (χ1v) is 6.91. The maximum absolute atomic E-state index is 11.4. The fourth-order valence-electron chi connectivity index (χ4n) is 2.68. The fraction of sp³-hybridized carbons (Fsp3) is 0.643. The number of hydrogen-bond donors (Lipinski definition) is 1. The Morgan fingerprint density at radius 3 is 2.38 bits per heavy atom. The topological polar surface area (TPSA) is 90.8 Å². The van der Waals surface area contributed by atoms with Gasteiger partial charge in [-0.1, -0.05) is 6.92 Å². The SMILES string of the molecule is COc1cc(OC)nc(OC2CCCC(C)C2C(=O)O)n1. The third-order valence-electron chi connectivity index (χ3n) is 3.78. The van der Waals surface area contributed by atoms with Crippen LogP contribution in [-0.4, -0.2) is 41.4 Å². The van der Waals surface area contributed by atoms with Crippen molar-refractivity contribution in [3.63, 3.8) is 0 Å². The Morgan fingerprint density at radius 2 is 1.86 bits per heavy atom. The molecule has 1 fully saturated rings. The van der Waals surface area contributed by atoms with Crippen LogP contribution in [0.5, 0.6) is 17.8 Å². The molecule has 1 N–H and O–H groups in total. The van der Waals surface area contributed by atoms with Crippen LogP contribution in [0.4, 0.5) is 0 Å². The Hall–Kier alpha value is -2.05. The number of nitrogens with zero attached hydrogens (tertiary/aromatic N) is 2. The van der Waals surface area contributed by atoms with E-state index in [0.717, 1.165) is 12.8 Å². The summed E-state index contributed by atoms with van der Waals surface area (Å²) in [7, 11) is 2.96. The van der Waals surface area contributed by atoms with E-state index in [1.54, 1.807) is 0 Å². The van der Waals surface area contributed by atoms with Crippen molar-refractivity contribution < 1.29 is 24.1 Å². The molecule has 2 rings (SSSR count). The van der Waals surface area contributed by atoms with Gasteiger partial charge >= 0.3 is 12.0 Å². The number of hydrogen-bond acceptors (Lipinski definition) is 6. The summed E-state index contributed by atoms with van der Waals surface area (Å²) in [5.74, 6) is -0.712. The van der Waals surface area contributed by atoms with Crippen molar-refractivity contribution in [1.82, 2.24) is 9.97 Å². The molecular formula is C14H20N2O5. The molecule has 1 aromatic heterocycles. The van der Waals surface area contributed by atoms with E-state index in [1.807, 2.05) is 6.92 Å². The molecule has 7 heteroatoms. The molecule has 21 heavy (non-hydrogen) atoms. The maximum Gasteiger partial charge on any atom is 0.323 e. The molecule has 3 unspecified atom stereocenters. The van der Waals surface area contributed by atoms with Crippen LogP contribution in [-0.2, 0) is 4.79 Å². The van der Waals surface area contributed by atoms with E-state index in [0.29, 0.717) is 18.2 Å². The van der Waals surface area contributed by atoms with E-state index < -0.39 is 18.0 Å². The minimum atomic E-state index is -0.845. The summed E-state index contributed by atoms with van der Waals surface area (Å²) < 4.78 is 15.8. The van der Waals surface area contributed by atoms with Gasteiger partial charge < -0.3 is 19.3 Å². The van der Waals surface area contributed by atoms with Gasteiger partial charge in [0.25, 0.3) is 0 Å². The van der Waals surface area contributed by atoms with Crippen molar-refractivity contribution in [1.29, 1.82) is 0 Å². The van der Waals surface area contributed by atoms with E-state index in [1.165, 1.54) is 20.3 Å². The van der Waals surface area contributed by atoms with Crippen molar-refractivity contribution in [3.8, 4) is 17.8 Å². The van der Waals surface area contributed by atoms with Crippen LogP contribution < -0.4 is 14.2 Å². The first-order valence-electron chi connectivity index (χ1n) is 6.91. The van der Waals surface area contributed by atoms with E-state index in [-0.39, 0.29) is 11.9 Å². The predicted molar refractivity (Wildman–Crippen MR) is 73.7 cm³/mol. The number of aromatic nitrogens is 2. The highest BCUT2D eigenvalue weighted by Crippen LogP contribution is 2.33. The van der Waals surface area contributed by atoms with Gasteiger partial charge in [-0.25, -0.2) is 0 Å². The van der Waals surface area contributed by atoms with Gasteiger partial charge in [0, 0.05) is 0 Å². The van der Waals surface area contributed by atoms with Crippen LogP contribution in [0, 0.1) is 11.8 Å². The van der Waals surface area contributed by atoms with E-state index in [2.05, 4.69) is 9.97 Å². The Kier molecular flexibility index (Phi) is 4.82. The van der Waals surface area contributed by atoms with Crippen molar-refractivity contribution in [2.24, 2.45) is 11.8 Å². The number of carboxylic acids is 1. The lowest BCUT2D eigenvalue weighted by Gasteiger charge is -2.33. The van der Waals surface area contributed by atoms with Gasteiger partial charge in [-0.15, -0.1) is 0 Å². The number of aliphatic carboxylic acids is 1. The summed E-state index contributed by atoms with van der Waals surface area (Å²) in [6, 6.07) is 1.61. The van der Waals surface area contributed by atoms with Crippen LogP contribution in [0.25, 0.3) is 0 Å². The van der Waals surface area contributed by atoms with Gasteiger partial charge in [0.1, 0.15) is 6.10 Å². The zero-order valence-corrected chi connectivity index (χ0v) is 12.4. The molecule has 0 aliphatic heterocycles. The molecule has 0 aromatic carbocycles. The van der Waals surface area contributed by atoms with Gasteiger partial charge in [-0.3, -0.25) is 4.79 Å². The highest BCUT2D eigenvalue weighted by atomic mass is 16.5. The normalized spacial score (nSPS) is 25.2. The van der Waals surface area contributed by atoms with Crippen molar-refractivity contribution in [2.75, 3.05) is 14.2 Å². The largest absolute Gasteiger partial charge is 0.481 e. The van der Waals surface area contributed by atoms with Crippen LogP contribution >= 0.6 is 0 Å². The molecule has 7 nitrogen and oxygen atoms in total. The molecule has 116 valence electrons. The third kappa shape index (κ3) is 3.53. The summed E-state index contributed by atoms with van der Waals surface area (Å²) >= 11 is 0. The standard InChI is InChI=1S/C14H20N2O5/c1-8-5-4-6-9(12(8)13(17)18)21-14-15-10(19-2)7-11(16-14)20-3/h7-9,12H,4-6H2,1-3H3,(H,17,18). The molecule has 0 amide bonds. The number of methoxy groups -OCH3 is 2. The highest BCUT2D eigenvalue weighted by Gasteiger charge is 2.38. The Morgan fingerprint density at radius 1 is 1.24 bits per heavy atom. The number of carboxylic acid groups (broad SMARTS) is 1. The number of ether oxygens (including phenoxy) is 3. The minimum absolute atomic E-state index is 0.0637. The second kappa shape index (κ2) is 6.60. The quantitative estimate of drug-likeness (QED) is 0.885. The molecule has 1 saturated carbocycles. The molecule has 0 spiro atoms. The predicted octanol–water partition coefficient (Wildman–Crippen LogP) is 1.76. The zero-order chi connectivity index (χ0) is 15.4. The van der Waals surface area contributed by atoms with Crippen molar-refractivity contribution in [2.45, 2.75) is 32.3 Å². The highest BCUT2D eigenvalue weighted by molar-refractivity contribution is 5.71. The summed E-state index contributed by atoms with van der Waals surface area (Å²) in [5, 5.41) is 9.39. The maximum atomic E-state index is 11.4. The Balaban J connectivity index is 2.21. The van der Waals surface area contributed by atoms with Crippen LogP contribution in [0.2, 0.25) is 0 Å². The lowest BCUT2D eigenvalue weighted by atomic mass is 9.78. The van der Waals surface area contributed by atoms with Gasteiger partial charge in [0.2, 0.25) is 11.8 Å². The smallest absolute Gasteiger partial charge is 0.323 e. The second-order valence-corrected chi connectivity index (χ2v) is 5.16. The van der Waals surface area contributed by atoms with Crippen molar-refractivity contribution >= 4 is 5.97 Å². The molecule has 1 aliphatic carbocycles. The lowest BCUT2D eigenvalue weighted by molar-refractivity contribution is -0.149. The summed E-state index contributed by atoms with van der Waals surface area (Å²) in [6.07, 6.45) is 2.04. The van der Waals surface area contributed by atoms with Crippen LogP contribution in [0.3, 0.4) is 0 Å². The summed E-state index contributed by atoms with van der Waals surface area (Å²) in [6.45, 7) is 1.93. The third-order valence-corrected chi connectivity index (χ3v) is 3.78. The lowest BCUT2D eigenvalue weighted by Crippen LogP contribution is -2.40. The van der Waals surface area contributed by atoms with Gasteiger partial charge in [0.15, 0.2) is 0 Å². The second-order valence-electron chi connectivity index (χ2n) is 5.16. The first kappa shape index (κ1) is 15.3. The molecule has 0 saturated heterocycles. The number of rotatable bonds is 5. The molecule has 1 aromatic rings. The minimum Gasteiger partial charge on any atom is -0.481 e.